The van der Waals surface area contributed by atoms with Gasteiger partial charge in [-0.15, -0.1) is 0 Å². The maximum absolute atomic E-state index is 12.4. The molecule has 0 saturated carbocycles. The molecule has 3 rings (SSSR count). The second kappa shape index (κ2) is 9.58. The number of thioether (sulfide) groups is 1. The second-order valence-electron chi connectivity index (χ2n) is 6.08. The van der Waals surface area contributed by atoms with E-state index in [1.807, 2.05) is 43.3 Å². The van der Waals surface area contributed by atoms with Crippen LogP contribution >= 0.6 is 24.0 Å². The number of thiocarbonyl (C=S) groups is 1. The van der Waals surface area contributed by atoms with Gasteiger partial charge in [0.2, 0.25) is 0 Å². The molecule has 0 unspecified atom stereocenters. The van der Waals surface area contributed by atoms with E-state index >= 15 is 0 Å². The molecule has 0 radical (unpaired) electrons. The van der Waals surface area contributed by atoms with Gasteiger partial charge in [0.25, 0.3) is 5.91 Å². The summed E-state index contributed by atoms with van der Waals surface area (Å²) in [5, 5.41) is 8.93. The molecule has 1 heterocycles. The van der Waals surface area contributed by atoms with E-state index < -0.39 is 18.4 Å². The Balaban J connectivity index is 1.79. The number of carbonyl (C=O) groups excluding carboxylic acids is 1. The lowest BCUT2D eigenvalue weighted by Gasteiger charge is -2.13. The molecular formula is C21H19NO5S2. The van der Waals surface area contributed by atoms with Gasteiger partial charge < -0.3 is 14.6 Å². The summed E-state index contributed by atoms with van der Waals surface area (Å²) < 4.78 is 11.8. The summed E-state index contributed by atoms with van der Waals surface area (Å²) in [6.07, 6.45) is 1.67. The highest BCUT2D eigenvalue weighted by Gasteiger charge is 2.33. The Morgan fingerprint density at radius 1 is 1.17 bits per heavy atom. The van der Waals surface area contributed by atoms with E-state index in [2.05, 4.69) is 0 Å². The zero-order chi connectivity index (χ0) is 20.8. The fourth-order valence-electron chi connectivity index (χ4n) is 2.66. The average Bonchev–Trinajstić information content (AvgIpc) is 2.95. The number of hydrogen-bond acceptors (Lipinski definition) is 6. The van der Waals surface area contributed by atoms with Crippen LogP contribution in [0.15, 0.2) is 53.4 Å². The molecule has 0 aliphatic carbocycles. The molecule has 2 aromatic rings. The van der Waals surface area contributed by atoms with E-state index in [0.717, 1.165) is 27.8 Å². The Morgan fingerprint density at radius 2 is 1.93 bits per heavy atom. The standard InChI is InChI=1S/C21H19NO5S2/c1-2-26-17-10-15(8-9-16(17)27-13-14-6-4-3-5-7-14)11-18-20(25)22(12-19(23)24)21(28)29-18/h3-11H,2,12-13H2,1H3,(H,23,24)/b18-11+. The minimum absolute atomic E-state index is 0.233. The number of aliphatic carboxylic acids is 1. The van der Waals surface area contributed by atoms with Gasteiger partial charge in [-0.25, -0.2) is 0 Å². The highest BCUT2D eigenvalue weighted by molar-refractivity contribution is 8.26. The van der Waals surface area contributed by atoms with Crippen molar-refractivity contribution < 1.29 is 24.2 Å². The number of rotatable bonds is 8. The lowest BCUT2D eigenvalue weighted by molar-refractivity contribution is -0.140. The zero-order valence-corrected chi connectivity index (χ0v) is 17.3. The van der Waals surface area contributed by atoms with E-state index in [0.29, 0.717) is 29.6 Å². The predicted molar refractivity (Wildman–Crippen MR) is 116 cm³/mol. The summed E-state index contributed by atoms with van der Waals surface area (Å²) in [6.45, 7) is 2.31. The highest BCUT2D eigenvalue weighted by atomic mass is 32.2. The van der Waals surface area contributed by atoms with Crippen LogP contribution in [0.1, 0.15) is 18.1 Å². The van der Waals surface area contributed by atoms with Crippen LogP contribution in [0.3, 0.4) is 0 Å². The van der Waals surface area contributed by atoms with E-state index in [1.54, 1.807) is 18.2 Å². The summed E-state index contributed by atoms with van der Waals surface area (Å²) in [4.78, 5) is 24.8. The van der Waals surface area contributed by atoms with Crippen LogP contribution in [0, 0.1) is 0 Å². The van der Waals surface area contributed by atoms with Crippen molar-refractivity contribution in [1.29, 1.82) is 0 Å². The molecule has 1 fully saturated rings. The fourth-order valence-corrected chi connectivity index (χ4v) is 3.92. The highest BCUT2D eigenvalue weighted by Crippen LogP contribution is 2.35. The first-order valence-electron chi connectivity index (χ1n) is 8.88. The summed E-state index contributed by atoms with van der Waals surface area (Å²) >= 11 is 6.20. The zero-order valence-electron chi connectivity index (χ0n) is 15.7. The molecule has 0 spiro atoms. The molecular weight excluding hydrogens is 410 g/mol. The Labute approximate surface area is 178 Å². The summed E-state index contributed by atoms with van der Waals surface area (Å²) in [7, 11) is 0. The van der Waals surface area contributed by atoms with Crippen LogP contribution < -0.4 is 9.47 Å². The summed E-state index contributed by atoms with van der Waals surface area (Å²) in [6, 6.07) is 15.2. The Bertz CT molecular complexity index is 959. The smallest absolute Gasteiger partial charge is 0.323 e. The third kappa shape index (κ3) is 5.36. The average molecular weight is 430 g/mol. The van der Waals surface area contributed by atoms with Crippen LogP contribution in [0.2, 0.25) is 0 Å². The number of benzene rings is 2. The Kier molecular flexibility index (Phi) is 6.90. The molecule has 1 aliphatic rings. The van der Waals surface area contributed by atoms with Crippen LogP contribution in [0.25, 0.3) is 6.08 Å². The van der Waals surface area contributed by atoms with E-state index in [-0.39, 0.29) is 4.32 Å². The van der Waals surface area contributed by atoms with E-state index in [9.17, 15) is 9.59 Å². The monoisotopic (exact) mass is 429 g/mol. The number of carboxylic acid groups (broad SMARTS) is 1. The van der Waals surface area contributed by atoms with Crippen LogP contribution in [0.4, 0.5) is 0 Å². The van der Waals surface area contributed by atoms with Crippen molar-refractivity contribution in [3.8, 4) is 11.5 Å². The van der Waals surface area contributed by atoms with Crippen molar-refractivity contribution >= 4 is 46.3 Å². The second-order valence-corrected chi connectivity index (χ2v) is 7.75. The fraction of sp³-hybridized carbons (Fsp3) is 0.190. The van der Waals surface area contributed by atoms with E-state index in [1.165, 1.54) is 0 Å². The Morgan fingerprint density at radius 3 is 2.62 bits per heavy atom. The van der Waals surface area contributed by atoms with Crippen LogP contribution in [-0.4, -0.2) is 39.4 Å². The molecule has 0 aromatic heterocycles. The lowest BCUT2D eigenvalue weighted by Crippen LogP contribution is -2.33. The number of carbonyl (C=O) groups is 2. The molecule has 6 nitrogen and oxygen atoms in total. The van der Waals surface area contributed by atoms with Gasteiger partial charge in [-0.1, -0.05) is 60.4 Å². The molecule has 1 saturated heterocycles. The maximum atomic E-state index is 12.4. The van der Waals surface area contributed by atoms with Crippen molar-refractivity contribution in [2.75, 3.05) is 13.2 Å². The largest absolute Gasteiger partial charge is 0.490 e. The van der Waals surface area contributed by atoms with E-state index in [4.69, 9.17) is 26.8 Å². The third-order valence-corrected chi connectivity index (χ3v) is 5.35. The van der Waals surface area contributed by atoms with Gasteiger partial charge in [0, 0.05) is 0 Å². The number of nitrogens with zero attached hydrogens (tertiary/aromatic N) is 1. The molecule has 0 bridgehead atoms. The number of amides is 1. The molecule has 8 heteroatoms. The van der Waals surface area contributed by atoms with Gasteiger partial charge in [0.15, 0.2) is 11.5 Å². The first-order chi connectivity index (χ1) is 14.0. The van der Waals surface area contributed by atoms with Gasteiger partial charge in [0.05, 0.1) is 11.5 Å². The minimum Gasteiger partial charge on any atom is -0.490 e. The molecule has 150 valence electrons. The van der Waals surface area contributed by atoms with Gasteiger partial charge in [-0.05, 0) is 36.3 Å². The summed E-state index contributed by atoms with van der Waals surface area (Å²) in [5.74, 6) is -0.352. The van der Waals surface area contributed by atoms with Crippen LogP contribution in [-0.2, 0) is 16.2 Å². The normalized spacial score (nSPS) is 15.1. The molecule has 1 amide bonds. The van der Waals surface area contributed by atoms with Crippen molar-refractivity contribution in [2.45, 2.75) is 13.5 Å². The van der Waals surface area contributed by atoms with Gasteiger partial charge in [0.1, 0.15) is 17.5 Å². The molecule has 2 aromatic carbocycles. The van der Waals surface area contributed by atoms with Crippen molar-refractivity contribution in [3.05, 3.63) is 64.6 Å². The topological polar surface area (TPSA) is 76.1 Å². The quantitative estimate of drug-likeness (QED) is 0.503. The SMILES string of the molecule is CCOc1cc(/C=C2/SC(=S)N(CC(=O)O)C2=O)ccc1OCc1ccccc1. The minimum atomic E-state index is -1.11. The number of ether oxygens (including phenoxy) is 2. The predicted octanol–water partition coefficient (Wildman–Crippen LogP) is 3.95. The van der Waals surface area contributed by atoms with Crippen LogP contribution in [0.5, 0.6) is 11.5 Å². The van der Waals surface area contributed by atoms with Gasteiger partial charge in [-0.3, -0.25) is 14.5 Å². The molecule has 1 aliphatic heterocycles. The first-order valence-corrected chi connectivity index (χ1v) is 10.1. The Hall–Kier alpha value is -2.84. The lowest BCUT2D eigenvalue weighted by atomic mass is 10.1. The maximum Gasteiger partial charge on any atom is 0.323 e. The first kappa shape index (κ1) is 20.9. The molecule has 1 N–H and O–H groups in total. The van der Waals surface area contributed by atoms with Crippen molar-refractivity contribution in [3.63, 3.8) is 0 Å². The molecule has 29 heavy (non-hydrogen) atoms. The van der Waals surface area contributed by atoms with Crippen molar-refractivity contribution in [1.82, 2.24) is 4.90 Å². The van der Waals surface area contributed by atoms with Gasteiger partial charge >= 0.3 is 5.97 Å². The van der Waals surface area contributed by atoms with Gasteiger partial charge in [-0.2, -0.15) is 0 Å². The number of hydrogen-bond donors (Lipinski definition) is 1. The number of carboxylic acids is 1. The third-order valence-electron chi connectivity index (χ3n) is 3.97. The summed E-state index contributed by atoms with van der Waals surface area (Å²) in [5.41, 5.74) is 1.78. The van der Waals surface area contributed by atoms with Crippen molar-refractivity contribution in [2.24, 2.45) is 0 Å². The molecule has 0 atom stereocenters.